The van der Waals surface area contributed by atoms with E-state index < -0.39 is 10.0 Å². The molecule has 0 bridgehead atoms. The molecule has 1 atom stereocenters. The zero-order valence-electron chi connectivity index (χ0n) is 12.0. The Bertz CT molecular complexity index is 578. The van der Waals surface area contributed by atoms with E-state index >= 15 is 0 Å². The smallest absolute Gasteiger partial charge is 0.243 e. The molecule has 4 nitrogen and oxygen atoms in total. The molecule has 0 aromatic heterocycles. The van der Waals surface area contributed by atoms with Gasteiger partial charge >= 0.3 is 0 Å². The molecule has 0 aliphatic carbocycles. The van der Waals surface area contributed by atoms with Crippen LogP contribution in [0.4, 0.5) is 0 Å². The van der Waals surface area contributed by atoms with Crippen molar-refractivity contribution in [1.82, 2.24) is 4.31 Å². The van der Waals surface area contributed by atoms with E-state index in [1.807, 2.05) is 0 Å². The Kier molecular flexibility index (Phi) is 4.60. The number of carbonyl (C=O) groups excluding carboxylic acids is 1. The number of carbonyl (C=O) groups is 1. The first kappa shape index (κ1) is 15.2. The van der Waals surface area contributed by atoms with Crippen LogP contribution < -0.4 is 0 Å². The van der Waals surface area contributed by atoms with Crippen molar-refractivity contribution < 1.29 is 13.2 Å². The summed E-state index contributed by atoms with van der Waals surface area (Å²) in [5, 5.41) is 0. The van der Waals surface area contributed by atoms with Crippen LogP contribution in [-0.4, -0.2) is 31.6 Å². The fourth-order valence-electron chi connectivity index (χ4n) is 2.59. The Hall–Kier alpha value is -1.20. The molecule has 1 saturated heterocycles. The third kappa shape index (κ3) is 3.10. The van der Waals surface area contributed by atoms with Gasteiger partial charge < -0.3 is 0 Å². The van der Waals surface area contributed by atoms with Crippen molar-refractivity contribution >= 4 is 15.8 Å². The van der Waals surface area contributed by atoms with Crippen LogP contribution in [0.3, 0.4) is 0 Å². The number of rotatable bonds is 4. The van der Waals surface area contributed by atoms with Gasteiger partial charge in [0.25, 0.3) is 0 Å². The number of benzene rings is 1. The Labute approximate surface area is 120 Å². The average Bonchev–Trinajstić information content (AvgIpc) is 2.47. The van der Waals surface area contributed by atoms with Crippen molar-refractivity contribution in [2.75, 3.05) is 13.1 Å². The van der Waals surface area contributed by atoms with Crippen LogP contribution in [0, 0.1) is 5.92 Å². The molecule has 0 saturated carbocycles. The fraction of sp³-hybridized carbons (Fsp3) is 0.533. The van der Waals surface area contributed by atoms with Gasteiger partial charge in [0.2, 0.25) is 10.0 Å². The van der Waals surface area contributed by atoms with Crippen LogP contribution in [0.15, 0.2) is 29.2 Å². The molecule has 20 heavy (non-hydrogen) atoms. The summed E-state index contributed by atoms with van der Waals surface area (Å²) >= 11 is 0. The number of sulfonamides is 1. The molecule has 110 valence electrons. The lowest BCUT2D eigenvalue weighted by Crippen LogP contribution is -2.39. The molecule has 0 spiro atoms. The summed E-state index contributed by atoms with van der Waals surface area (Å²) < 4.78 is 26.7. The molecule has 5 heteroatoms. The molecule has 1 aromatic carbocycles. The van der Waals surface area contributed by atoms with Gasteiger partial charge in [0.05, 0.1) is 4.90 Å². The number of hydrogen-bond acceptors (Lipinski definition) is 3. The zero-order chi connectivity index (χ0) is 14.8. The normalized spacial score (nSPS) is 20.8. The number of ketones is 1. The van der Waals surface area contributed by atoms with E-state index in [2.05, 4.69) is 6.92 Å². The van der Waals surface area contributed by atoms with Crippen LogP contribution in [-0.2, 0) is 10.0 Å². The van der Waals surface area contributed by atoms with Gasteiger partial charge in [-0.3, -0.25) is 4.79 Å². The Balaban J connectivity index is 2.23. The molecule has 0 amide bonds. The maximum Gasteiger partial charge on any atom is 0.243 e. The summed E-state index contributed by atoms with van der Waals surface area (Å²) in [6, 6.07) is 6.22. The summed E-state index contributed by atoms with van der Waals surface area (Å²) in [7, 11) is -3.43. The highest BCUT2D eigenvalue weighted by Gasteiger charge is 2.29. The van der Waals surface area contributed by atoms with Gasteiger partial charge in [0, 0.05) is 18.7 Å². The summed E-state index contributed by atoms with van der Waals surface area (Å²) in [5.74, 6) is 0.396. The second-order valence-corrected chi connectivity index (χ2v) is 7.30. The van der Waals surface area contributed by atoms with Crippen LogP contribution in [0.25, 0.3) is 0 Å². The predicted octanol–water partition coefficient (Wildman–Crippen LogP) is 2.70. The van der Waals surface area contributed by atoms with E-state index in [0.717, 1.165) is 19.3 Å². The van der Waals surface area contributed by atoms with E-state index in [0.29, 0.717) is 24.6 Å². The summed E-state index contributed by atoms with van der Waals surface area (Å²) in [6.45, 7) is 4.77. The van der Waals surface area contributed by atoms with E-state index in [1.165, 1.54) is 19.1 Å². The van der Waals surface area contributed by atoms with E-state index in [-0.39, 0.29) is 10.7 Å². The second kappa shape index (κ2) is 6.06. The monoisotopic (exact) mass is 295 g/mol. The average molecular weight is 295 g/mol. The topological polar surface area (TPSA) is 54.5 Å². The van der Waals surface area contributed by atoms with Crippen molar-refractivity contribution in [3.8, 4) is 0 Å². The minimum Gasteiger partial charge on any atom is -0.295 e. The number of Topliss-reactive ketones (excluding diaryl/α,β-unsaturated/α-hetero) is 1. The molecule has 2 rings (SSSR count). The molecule has 1 aromatic rings. The van der Waals surface area contributed by atoms with Crippen LogP contribution in [0.2, 0.25) is 0 Å². The second-order valence-electron chi connectivity index (χ2n) is 5.36. The largest absolute Gasteiger partial charge is 0.295 e. The molecular weight excluding hydrogens is 274 g/mol. The van der Waals surface area contributed by atoms with E-state index in [1.54, 1.807) is 16.4 Å². The minimum atomic E-state index is -3.43. The lowest BCUT2D eigenvalue weighted by molar-refractivity contribution is 0.101. The van der Waals surface area contributed by atoms with Crippen LogP contribution in [0.1, 0.15) is 43.5 Å². The molecule has 0 N–H and O–H groups in total. The first-order valence-corrected chi connectivity index (χ1v) is 8.50. The van der Waals surface area contributed by atoms with Crippen LogP contribution >= 0.6 is 0 Å². The van der Waals surface area contributed by atoms with Crippen molar-refractivity contribution in [2.24, 2.45) is 5.92 Å². The van der Waals surface area contributed by atoms with Gasteiger partial charge in [0.15, 0.2) is 5.78 Å². The van der Waals surface area contributed by atoms with Crippen molar-refractivity contribution in [2.45, 2.75) is 38.0 Å². The zero-order valence-corrected chi connectivity index (χ0v) is 12.8. The van der Waals surface area contributed by atoms with Gasteiger partial charge in [-0.2, -0.15) is 4.31 Å². The molecule has 0 radical (unpaired) electrons. The highest BCUT2D eigenvalue weighted by molar-refractivity contribution is 7.89. The Morgan fingerprint density at radius 1 is 1.30 bits per heavy atom. The van der Waals surface area contributed by atoms with Gasteiger partial charge in [-0.15, -0.1) is 0 Å². The standard InChI is InChI=1S/C15H21NO3S/c1-3-13-5-4-10-16(11-13)20(18,19)15-8-6-14(7-9-15)12(2)17/h6-9,13H,3-5,10-11H2,1-2H3. The quantitative estimate of drug-likeness (QED) is 0.803. The predicted molar refractivity (Wildman–Crippen MR) is 78.2 cm³/mol. The first-order chi connectivity index (χ1) is 9.45. The number of piperidine rings is 1. The number of nitrogens with zero attached hydrogens (tertiary/aromatic N) is 1. The lowest BCUT2D eigenvalue weighted by Gasteiger charge is -2.31. The SMILES string of the molecule is CCC1CCCN(S(=O)(=O)c2ccc(C(C)=O)cc2)C1. The molecule has 1 heterocycles. The Morgan fingerprint density at radius 3 is 2.50 bits per heavy atom. The highest BCUT2D eigenvalue weighted by Crippen LogP contribution is 2.25. The third-order valence-corrected chi connectivity index (χ3v) is 5.84. The van der Waals surface area contributed by atoms with E-state index in [4.69, 9.17) is 0 Å². The molecule has 1 aliphatic rings. The van der Waals surface area contributed by atoms with E-state index in [9.17, 15) is 13.2 Å². The minimum absolute atomic E-state index is 0.0574. The van der Waals surface area contributed by atoms with Gasteiger partial charge in [-0.05, 0) is 37.8 Å². The first-order valence-electron chi connectivity index (χ1n) is 7.06. The summed E-state index contributed by atoms with van der Waals surface area (Å²) in [6.07, 6.45) is 3.03. The third-order valence-electron chi connectivity index (χ3n) is 3.96. The maximum absolute atomic E-state index is 12.6. The maximum atomic E-state index is 12.6. The lowest BCUT2D eigenvalue weighted by atomic mass is 9.97. The van der Waals surface area contributed by atoms with Gasteiger partial charge in [-0.25, -0.2) is 8.42 Å². The summed E-state index contributed by atoms with van der Waals surface area (Å²) in [5.41, 5.74) is 0.536. The van der Waals surface area contributed by atoms with Crippen molar-refractivity contribution in [1.29, 1.82) is 0 Å². The van der Waals surface area contributed by atoms with Gasteiger partial charge in [-0.1, -0.05) is 25.5 Å². The molecular formula is C15H21NO3S. The number of hydrogen-bond donors (Lipinski definition) is 0. The molecule has 1 aliphatic heterocycles. The Morgan fingerprint density at radius 2 is 1.95 bits per heavy atom. The van der Waals surface area contributed by atoms with Crippen LogP contribution in [0.5, 0.6) is 0 Å². The highest BCUT2D eigenvalue weighted by atomic mass is 32.2. The molecule has 1 fully saturated rings. The van der Waals surface area contributed by atoms with Crippen molar-refractivity contribution in [3.05, 3.63) is 29.8 Å². The van der Waals surface area contributed by atoms with Crippen molar-refractivity contribution in [3.63, 3.8) is 0 Å². The summed E-state index contributed by atoms with van der Waals surface area (Å²) in [4.78, 5) is 11.5. The fourth-order valence-corrected chi connectivity index (χ4v) is 4.14. The molecule has 1 unspecified atom stereocenters. The van der Waals surface area contributed by atoms with Gasteiger partial charge in [0.1, 0.15) is 0 Å².